The molecule has 0 aromatic carbocycles. The van der Waals surface area contributed by atoms with Gasteiger partial charge in [-0.1, -0.05) is 198 Å². The molecule has 28 heteroatoms. The minimum atomic E-state index is -1.50. The molecule has 11 unspecified atom stereocenters. The Kier molecular flexibility index (Phi) is 60.0. The summed E-state index contributed by atoms with van der Waals surface area (Å²) >= 11 is 0. The molecule has 5 aliphatic rings. The second-order valence-electron chi connectivity index (χ2n) is 31.8. The monoisotopic (exact) mass is 1680 g/mol. The van der Waals surface area contributed by atoms with Crippen LogP contribution in [0.4, 0.5) is 0 Å². The van der Waals surface area contributed by atoms with E-state index in [-0.39, 0.29) is 52.9 Å². The van der Waals surface area contributed by atoms with Gasteiger partial charge in [0.05, 0.1) is 45.7 Å². The number of aliphatic hydroxyl groups is 1. The summed E-state index contributed by atoms with van der Waals surface area (Å²) in [5.74, 6) is 0. The molecule has 0 saturated carbocycles. The van der Waals surface area contributed by atoms with Gasteiger partial charge < -0.3 is 119 Å². The lowest BCUT2D eigenvalue weighted by molar-refractivity contribution is -0.408. The van der Waals surface area contributed by atoms with Gasteiger partial charge in [-0.25, -0.2) is 0 Å². The average molecular weight is 1680 g/mol. The first-order chi connectivity index (χ1) is 57.4. The number of ether oxygens (including phenoxy) is 24. The van der Waals surface area contributed by atoms with Crippen LogP contribution in [0.1, 0.15) is 277 Å². The van der Waals surface area contributed by atoms with Crippen LogP contribution >= 0.6 is 0 Å². The molecule has 0 amide bonds. The number of hydrogen-bond acceptors (Lipinski definition) is 26. The molecule has 25 atom stereocenters. The Balaban J connectivity index is 1.95. The van der Waals surface area contributed by atoms with Crippen molar-refractivity contribution in [2.75, 3.05) is 132 Å². The summed E-state index contributed by atoms with van der Waals surface area (Å²) < 4.78 is 171. The van der Waals surface area contributed by atoms with Gasteiger partial charge in [-0.3, -0.25) is 0 Å². The Morgan fingerprint density at radius 2 is 0.538 bits per heavy atom. The van der Waals surface area contributed by atoms with E-state index in [1.54, 1.807) is 6.08 Å². The zero-order valence-electron chi connectivity index (χ0n) is 75.2. The largest absolute Gasteiger partial charge is 0.385 e. The lowest BCUT2D eigenvalue weighted by atomic mass is 9.94. The fourth-order valence-corrected chi connectivity index (χ4v) is 14.5. The van der Waals surface area contributed by atoms with E-state index in [0.29, 0.717) is 92.1 Å². The van der Waals surface area contributed by atoms with Gasteiger partial charge in [0.2, 0.25) is 0 Å². The van der Waals surface area contributed by atoms with Crippen LogP contribution in [0.2, 0.25) is 0 Å². The van der Waals surface area contributed by atoms with Gasteiger partial charge in [0.1, 0.15) is 116 Å². The highest BCUT2D eigenvalue weighted by molar-refractivity contribution is 5.03. The van der Waals surface area contributed by atoms with Crippen LogP contribution in [0.3, 0.4) is 0 Å². The summed E-state index contributed by atoms with van der Waals surface area (Å²) in [5, 5.41) is 17.5. The molecule has 0 radical (unpaired) electrons. The smallest absolute Gasteiger partial charge is 0.187 e. The number of hydrogen-bond donors (Lipinski definition) is 1. The second-order valence-corrected chi connectivity index (χ2v) is 31.8. The molecule has 5 fully saturated rings. The number of unbranched alkanes of at least 4 members (excludes halogenated alkanes) is 14. The lowest BCUT2D eigenvalue weighted by Crippen LogP contribution is -2.69. The van der Waals surface area contributed by atoms with Crippen molar-refractivity contribution < 1.29 is 119 Å². The molecular formula is C89H167N3O25. The van der Waals surface area contributed by atoms with Gasteiger partial charge in [0.15, 0.2) is 31.5 Å². The van der Waals surface area contributed by atoms with Gasteiger partial charge in [0.25, 0.3) is 0 Å². The first-order valence-corrected chi connectivity index (χ1v) is 46.7. The van der Waals surface area contributed by atoms with Crippen LogP contribution < -0.4 is 0 Å². The third-order valence-corrected chi connectivity index (χ3v) is 21.6. The maximum Gasteiger partial charge on any atom is 0.187 e. The molecule has 0 aromatic rings. The molecule has 1 N–H and O–H groups in total. The van der Waals surface area contributed by atoms with Crippen LogP contribution in [0.5, 0.6) is 0 Å². The minimum Gasteiger partial charge on any atom is -0.385 e. The Hall–Kier alpha value is -1.95. The van der Waals surface area contributed by atoms with E-state index >= 15 is 0 Å². The predicted molar refractivity (Wildman–Crippen MR) is 448 cm³/mol. The average Bonchev–Trinajstić information content (AvgIpc) is 0.754. The Morgan fingerprint density at radius 1 is 0.274 bits per heavy atom. The molecule has 0 spiro atoms. The van der Waals surface area contributed by atoms with Crippen LogP contribution in [0.25, 0.3) is 10.4 Å². The normalized spacial score (nSPS) is 31.6. The van der Waals surface area contributed by atoms with E-state index in [4.69, 9.17) is 114 Å². The molecule has 5 rings (SSSR count). The van der Waals surface area contributed by atoms with Crippen molar-refractivity contribution in [3.8, 4) is 0 Å². The van der Waals surface area contributed by atoms with Crippen LogP contribution in [0.15, 0.2) is 17.8 Å². The van der Waals surface area contributed by atoms with Crippen molar-refractivity contribution in [2.45, 2.75) is 430 Å². The van der Waals surface area contributed by atoms with Crippen molar-refractivity contribution in [2.24, 2.45) is 5.11 Å². The van der Waals surface area contributed by atoms with Crippen molar-refractivity contribution in [1.29, 1.82) is 0 Å². The molecular weight excluding hydrogens is 1510 g/mol. The quantitative estimate of drug-likeness (QED) is 0.0194. The Labute approximate surface area is 706 Å². The summed E-state index contributed by atoms with van der Waals surface area (Å²) in [6.07, 6.45) is -0.464. The first kappa shape index (κ1) is 106. The fraction of sp³-hybridized carbons (Fsp3) is 0.978. The van der Waals surface area contributed by atoms with Crippen LogP contribution in [-0.2, 0) is 114 Å². The highest BCUT2D eigenvalue weighted by Gasteiger charge is 2.60. The zero-order valence-corrected chi connectivity index (χ0v) is 75.2. The van der Waals surface area contributed by atoms with E-state index in [1.807, 2.05) is 0 Å². The minimum absolute atomic E-state index is 0.0258. The van der Waals surface area contributed by atoms with Gasteiger partial charge >= 0.3 is 0 Å². The summed E-state index contributed by atoms with van der Waals surface area (Å²) in [7, 11) is 0. The zero-order chi connectivity index (χ0) is 84.5. The molecule has 5 saturated heterocycles. The molecule has 5 heterocycles. The van der Waals surface area contributed by atoms with Crippen molar-refractivity contribution in [3.63, 3.8) is 0 Å². The molecule has 688 valence electrons. The van der Waals surface area contributed by atoms with Crippen molar-refractivity contribution >= 4 is 0 Å². The van der Waals surface area contributed by atoms with Crippen LogP contribution in [0, 0.1) is 0 Å². The SMILES string of the molecule is C=CCO[C@H]1OC(CO[C@@H]2OC(COCCCC)[C@@H](OCCCC)[C@H](OCCCC)C2O)[C@@H](O[C@@H]2OC(COCCCC)[C@@H](OCCCC)[C@H](OCCCC)C2O[C@H]2OC(COCCCC)[C@@H](OCCCC)[C@H](OCCCC)C2N=[N+]=[N-])C(O[C@@H]2OC(COCCCC)[C@@H](OCCCC)C(OCCCC)[C@@H]2OCCCC)C1OCCCC. The lowest BCUT2D eigenvalue weighted by Gasteiger charge is -2.53. The van der Waals surface area contributed by atoms with E-state index in [1.165, 1.54) is 0 Å². The third kappa shape index (κ3) is 37.3. The van der Waals surface area contributed by atoms with Gasteiger partial charge in [-0.05, 0) is 95.4 Å². The molecule has 28 nitrogen and oxygen atoms in total. The summed E-state index contributed by atoms with van der Waals surface area (Å²) in [4.78, 5) is 3.52. The van der Waals surface area contributed by atoms with E-state index in [2.05, 4.69) is 114 Å². The highest BCUT2D eigenvalue weighted by atomic mass is 16.8. The Bertz CT molecular complexity index is 2400. The van der Waals surface area contributed by atoms with Crippen LogP contribution in [-0.4, -0.2) is 291 Å². The first-order valence-electron chi connectivity index (χ1n) is 46.7. The molecule has 0 bridgehead atoms. The fourth-order valence-electron chi connectivity index (χ4n) is 14.5. The Morgan fingerprint density at radius 3 is 0.915 bits per heavy atom. The second kappa shape index (κ2) is 66.5. The standard InChI is InChI=1S/C89H167N3O25/c1-16-31-46-94-60-65-72(98-50-35-20-5)77(102-54-39-24-9)70(91-92-90)85(110-65)117-84-80(105-57-42-27-12)75(101-53-38-23-8)68(63-97-49-34-19-4)114-89(84)115-76-69(64-109-86-71(93)78(103-55-40-25-10)73(99-51-36-21-6)66(111-86)61-95-47-32-17-2)112-87(108-45-30-15)83(107-59-44-29-14)81(76)116-88-82(106-58-43-28-13)79(104-56-41-26-11)74(100-52-37-22-7)67(113-88)62-96-48-33-18-3/h30,65-89,93H,15-29,31-64H2,1-14H3/t65?,66?,67?,68?,69?,70?,71?,72-,73-,74-,75-,76-,77-,78-,79?,80+,81?,82+,83?,84?,85-,86-,87+,88+,89+/m1/s1. The third-order valence-electron chi connectivity index (χ3n) is 21.6. The predicted octanol–water partition coefficient (Wildman–Crippen LogP) is 16.1. The number of aliphatic hydroxyl groups excluding tert-OH is 1. The van der Waals surface area contributed by atoms with Gasteiger partial charge in [-0.15, -0.1) is 6.58 Å². The van der Waals surface area contributed by atoms with Crippen molar-refractivity contribution in [1.82, 2.24) is 0 Å². The van der Waals surface area contributed by atoms with Gasteiger partial charge in [0, 0.05) is 97.4 Å². The van der Waals surface area contributed by atoms with E-state index in [0.717, 1.165) is 167 Å². The molecule has 0 aliphatic carbocycles. The number of azide groups is 1. The number of rotatable bonds is 73. The summed E-state index contributed by atoms with van der Waals surface area (Å²) in [6, 6.07) is -1.16. The highest BCUT2D eigenvalue weighted by Crippen LogP contribution is 2.42. The van der Waals surface area contributed by atoms with E-state index < -0.39 is 153 Å². The summed E-state index contributed by atoms with van der Waals surface area (Å²) in [6.45, 7) is 39.3. The number of nitrogens with zero attached hydrogens (tertiary/aromatic N) is 3. The maximum absolute atomic E-state index is 13.0. The topological polar surface area (TPSA) is 291 Å². The van der Waals surface area contributed by atoms with Crippen molar-refractivity contribution in [3.05, 3.63) is 23.1 Å². The maximum atomic E-state index is 13.0. The molecule has 117 heavy (non-hydrogen) atoms. The van der Waals surface area contributed by atoms with E-state index in [9.17, 15) is 10.6 Å². The molecule has 0 aromatic heterocycles. The summed E-state index contributed by atoms with van der Waals surface area (Å²) in [5.41, 5.74) is 10.9. The van der Waals surface area contributed by atoms with Gasteiger partial charge in [-0.2, -0.15) is 0 Å². The molecule has 5 aliphatic heterocycles.